The first-order valence-corrected chi connectivity index (χ1v) is 14.3. The minimum Gasteiger partial charge on any atom is -0.444 e. The number of ketones is 1. The molecule has 4 aromatic rings. The molecule has 1 saturated heterocycles. The van der Waals surface area contributed by atoms with E-state index < -0.39 is 23.6 Å². The summed E-state index contributed by atoms with van der Waals surface area (Å²) in [7, 11) is 0. The third kappa shape index (κ3) is 6.81. The van der Waals surface area contributed by atoms with Gasteiger partial charge in [-0.05, 0) is 74.6 Å². The summed E-state index contributed by atoms with van der Waals surface area (Å²) < 4.78 is 7.19. The van der Waals surface area contributed by atoms with E-state index in [2.05, 4.69) is 15.4 Å². The number of hydrogen-bond donors (Lipinski definition) is 2. The van der Waals surface area contributed by atoms with Gasteiger partial charge in [-0.2, -0.15) is 0 Å². The molecule has 3 N–H and O–H groups in total. The lowest BCUT2D eigenvalue weighted by Crippen LogP contribution is -2.57. The topological polar surface area (TPSA) is 132 Å². The Hall–Kier alpha value is -4.83. The molecule has 222 valence electrons. The first-order chi connectivity index (χ1) is 20.5. The van der Waals surface area contributed by atoms with Crippen LogP contribution in [0.2, 0.25) is 0 Å². The van der Waals surface area contributed by atoms with E-state index in [1.807, 2.05) is 93.6 Å². The van der Waals surface area contributed by atoms with Gasteiger partial charge in [-0.1, -0.05) is 54.6 Å². The highest BCUT2D eigenvalue weighted by Gasteiger charge is 2.35. The van der Waals surface area contributed by atoms with E-state index in [1.165, 1.54) is 4.90 Å². The lowest BCUT2D eigenvalue weighted by Gasteiger charge is -2.36. The molecule has 10 heteroatoms. The second kappa shape index (κ2) is 12.2. The van der Waals surface area contributed by atoms with Gasteiger partial charge in [-0.3, -0.25) is 14.5 Å². The minimum atomic E-state index is -0.681. The van der Waals surface area contributed by atoms with Gasteiger partial charge in [-0.15, -0.1) is 5.10 Å². The van der Waals surface area contributed by atoms with Crippen molar-refractivity contribution in [2.75, 3.05) is 19.6 Å². The van der Waals surface area contributed by atoms with E-state index in [-0.39, 0.29) is 11.6 Å². The van der Waals surface area contributed by atoms with Gasteiger partial charge in [0.1, 0.15) is 17.5 Å². The molecule has 3 aromatic carbocycles. The zero-order valence-corrected chi connectivity index (χ0v) is 24.8. The summed E-state index contributed by atoms with van der Waals surface area (Å²) in [6, 6.07) is 22.9. The van der Waals surface area contributed by atoms with Gasteiger partial charge >= 0.3 is 6.09 Å². The molecular weight excluding hydrogens is 544 g/mol. The monoisotopic (exact) mass is 580 g/mol. The summed E-state index contributed by atoms with van der Waals surface area (Å²) in [5.41, 5.74) is 10.0. The number of piperazine rings is 1. The van der Waals surface area contributed by atoms with Crippen molar-refractivity contribution < 1.29 is 19.1 Å². The lowest BCUT2D eigenvalue weighted by molar-refractivity contribution is 0.0125. The number of carbonyl (C=O) groups excluding carboxylic acids is 3. The Morgan fingerprint density at radius 3 is 2.40 bits per heavy atom. The second-order valence-electron chi connectivity index (χ2n) is 11.6. The number of amides is 2. The van der Waals surface area contributed by atoms with Crippen LogP contribution in [0.1, 0.15) is 58.7 Å². The molecule has 0 aliphatic carbocycles. The molecule has 0 radical (unpaired) electrons. The Morgan fingerprint density at radius 2 is 1.74 bits per heavy atom. The van der Waals surface area contributed by atoms with E-state index in [4.69, 9.17) is 10.5 Å². The predicted molar refractivity (Wildman–Crippen MR) is 163 cm³/mol. The van der Waals surface area contributed by atoms with Crippen LogP contribution in [0.4, 0.5) is 4.79 Å². The van der Waals surface area contributed by atoms with Crippen molar-refractivity contribution >= 4 is 17.8 Å². The van der Waals surface area contributed by atoms with Gasteiger partial charge < -0.3 is 15.8 Å². The number of hydrogen-bond acceptors (Lipinski definition) is 7. The number of primary amides is 1. The van der Waals surface area contributed by atoms with Crippen molar-refractivity contribution in [2.24, 2.45) is 5.73 Å². The SMILES string of the molecule is Cc1nc(C(N)=O)nn1-c1ccc(Cc2cc(C(=O)C3CNCCN3C(=O)OC(C)(C)C)ccc2-c2ccccc2)cc1. The third-order valence-corrected chi connectivity index (χ3v) is 7.21. The summed E-state index contributed by atoms with van der Waals surface area (Å²) in [6.07, 6.45) is 0.0758. The lowest BCUT2D eigenvalue weighted by atomic mass is 9.91. The summed E-state index contributed by atoms with van der Waals surface area (Å²) in [5, 5.41) is 7.46. The van der Waals surface area contributed by atoms with Gasteiger partial charge in [0.15, 0.2) is 5.78 Å². The predicted octanol–water partition coefficient (Wildman–Crippen LogP) is 4.32. The molecule has 1 unspecified atom stereocenters. The average molecular weight is 581 g/mol. The van der Waals surface area contributed by atoms with Gasteiger partial charge in [0.25, 0.3) is 5.91 Å². The Kier molecular flexibility index (Phi) is 8.40. The molecule has 1 fully saturated rings. The number of nitrogens with one attached hydrogen (secondary N) is 1. The summed E-state index contributed by atoms with van der Waals surface area (Å²) in [6.45, 7) is 8.54. The highest BCUT2D eigenvalue weighted by Crippen LogP contribution is 2.28. The number of aryl methyl sites for hydroxylation is 1. The number of benzene rings is 3. The maximum absolute atomic E-state index is 13.9. The van der Waals surface area contributed by atoms with Crippen LogP contribution in [0, 0.1) is 6.92 Å². The van der Waals surface area contributed by atoms with Crippen molar-refractivity contribution in [1.82, 2.24) is 25.0 Å². The Labute approximate surface area is 250 Å². The molecule has 1 aliphatic heterocycles. The van der Waals surface area contributed by atoms with Crippen molar-refractivity contribution in [1.29, 1.82) is 0 Å². The van der Waals surface area contributed by atoms with Crippen LogP contribution in [0.25, 0.3) is 16.8 Å². The first kappa shape index (κ1) is 29.7. The number of aromatic nitrogens is 3. The number of nitrogens with two attached hydrogens (primary N) is 1. The molecule has 0 saturated carbocycles. The Balaban J connectivity index is 1.45. The molecule has 2 heterocycles. The van der Waals surface area contributed by atoms with Crippen molar-refractivity contribution in [3.63, 3.8) is 0 Å². The van der Waals surface area contributed by atoms with Crippen molar-refractivity contribution in [3.8, 4) is 16.8 Å². The van der Waals surface area contributed by atoms with E-state index >= 15 is 0 Å². The second-order valence-corrected chi connectivity index (χ2v) is 11.6. The summed E-state index contributed by atoms with van der Waals surface area (Å²) >= 11 is 0. The summed E-state index contributed by atoms with van der Waals surface area (Å²) in [5.74, 6) is -0.300. The number of carbonyl (C=O) groups is 3. The van der Waals surface area contributed by atoms with E-state index in [9.17, 15) is 14.4 Å². The highest BCUT2D eigenvalue weighted by molar-refractivity contribution is 6.02. The van der Waals surface area contributed by atoms with Crippen LogP contribution >= 0.6 is 0 Å². The van der Waals surface area contributed by atoms with Crippen molar-refractivity contribution in [2.45, 2.75) is 45.8 Å². The Bertz CT molecular complexity index is 1640. The third-order valence-electron chi connectivity index (χ3n) is 7.21. The molecule has 0 spiro atoms. The van der Waals surface area contributed by atoms with Gasteiger partial charge in [0.05, 0.1) is 5.69 Å². The number of nitrogens with zero attached hydrogens (tertiary/aromatic N) is 4. The number of rotatable bonds is 7. The van der Waals surface area contributed by atoms with Gasteiger partial charge in [-0.25, -0.2) is 14.5 Å². The van der Waals surface area contributed by atoms with Crippen LogP contribution in [0.3, 0.4) is 0 Å². The minimum absolute atomic E-state index is 0.0334. The zero-order valence-electron chi connectivity index (χ0n) is 24.8. The molecule has 43 heavy (non-hydrogen) atoms. The van der Waals surface area contributed by atoms with Crippen LogP contribution in [0.15, 0.2) is 72.8 Å². The molecule has 1 atom stereocenters. The molecule has 0 bridgehead atoms. The van der Waals surface area contributed by atoms with Crippen LogP contribution < -0.4 is 11.1 Å². The fraction of sp³-hybridized carbons (Fsp3) is 0.303. The van der Waals surface area contributed by atoms with Crippen LogP contribution in [-0.2, 0) is 11.2 Å². The largest absolute Gasteiger partial charge is 0.444 e. The molecule has 5 rings (SSSR count). The number of Topliss-reactive ketones (excluding diaryl/α,β-unsaturated/α-hetero) is 1. The average Bonchev–Trinajstić information content (AvgIpc) is 3.38. The molecule has 2 amide bonds. The first-order valence-electron chi connectivity index (χ1n) is 14.3. The quantitative estimate of drug-likeness (QED) is 0.311. The molecular formula is C33H36N6O4. The van der Waals surface area contributed by atoms with Crippen LogP contribution in [-0.4, -0.2) is 68.7 Å². The Morgan fingerprint density at radius 1 is 1.02 bits per heavy atom. The number of ether oxygens (including phenoxy) is 1. The fourth-order valence-electron chi connectivity index (χ4n) is 5.18. The van der Waals surface area contributed by atoms with Crippen molar-refractivity contribution in [3.05, 3.63) is 101 Å². The fourth-order valence-corrected chi connectivity index (χ4v) is 5.18. The van der Waals surface area contributed by atoms with Gasteiger partial charge in [0.2, 0.25) is 5.82 Å². The van der Waals surface area contributed by atoms with Gasteiger partial charge in [0, 0.05) is 25.2 Å². The van der Waals surface area contributed by atoms with E-state index in [0.29, 0.717) is 37.4 Å². The maximum Gasteiger partial charge on any atom is 0.411 e. The standard InChI is InChI=1S/C33H36N6O4/c1-21-36-31(30(34)41)37-39(21)26-13-10-22(11-14-26)18-25-19-24(12-15-27(25)23-8-6-5-7-9-23)29(40)28-20-35-16-17-38(28)32(42)43-33(2,3)4/h5-15,19,28,35H,16-18,20H2,1-4H3,(H2,34,41). The zero-order chi connectivity index (χ0) is 30.7. The van der Waals surface area contributed by atoms with E-state index in [0.717, 1.165) is 27.9 Å². The summed E-state index contributed by atoms with van der Waals surface area (Å²) in [4.78, 5) is 44.0. The smallest absolute Gasteiger partial charge is 0.411 e. The molecule has 10 nitrogen and oxygen atoms in total. The maximum atomic E-state index is 13.9. The highest BCUT2D eigenvalue weighted by atomic mass is 16.6. The van der Waals surface area contributed by atoms with Crippen LogP contribution in [0.5, 0.6) is 0 Å². The molecule has 1 aliphatic rings. The van der Waals surface area contributed by atoms with E-state index in [1.54, 1.807) is 11.6 Å². The normalized spacial score (nSPS) is 15.3. The molecule has 1 aromatic heterocycles.